The summed E-state index contributed by atoms with van der Waals surface area (Å²) in [5.74, 6) is -1.49. The molecule has 3 rings (SSSR count). The lowest BCUT2D eigenvalue weighted by Gasteiger charge is -2.26. The predicted octanol–water partition coefficient (Wildman–Crippen LogP) is 1.42. The number of hydrogen-bond acceptors (Lipinski definition) is 6. The van der Waals surface area contributed by atoms with Gasteiger partial charge in [0.2, 0.25) is 0 Å². The second-order valence-corrected chi connectivity index (χ2v) is 7.25. The molecule has 8 nitrogen and oxygen atoms in total. The molecule has 0 unspecified atom stereocenters. The molecule has 0 spiro atoms. The van der Waals surface area contributed by atoms with E-state index in [0.29, 0.717) is 29.9 Å². The SMILES string of the molecule is Cc1nn(C)c(C)c1/C(O)=C1\C(=O)C(=O)N(CCN(C)C)[C@H]1c1cccnc1. The van der Waals surface area contributed by atoms with Gasteiger partial charge in [0.1, 0.15) is 5.76 Å². The van der Waals surface area contributed by atoms with Crippen LogP contribution in [-0.2, 0) is 16.6 Å². The highest BCUT2D eigenvalue weighted by molar-refractivity contribution is 6.46. The van der Waals surface area contributed by atoms with Crippen LogP contribution >= 0.6 is 0 Å². The Morgan fingerprint density at radius 1 is 1.29 bits per heavy atom. The van der Waals surface area contributed by atoms with Crippen LogP contribution in [0.1, 0.15) is 28.6 Å². The van der Waals surface area contributed by atoms with Crippen LogP contribution in [0, 0.1) is 13.8 Å². The van der Waals surface area contributed by atoms with Crippen molar-refractivity contribution in [2.24, 2.45) is 7.05 Å². The third-order valence-corrected chi connectivity index (χ3v) is 5.07. The molecule has 0 bridgehead atoms. The summed E-state index contributed by atoms with van der Waals surface area (Å²) < 4.78 is 1.64. The first-order chi connectivity index (χ1) is 13.2. The Kier molecular flexibility index (Phi) is 5.33. The van der Waals surface area contributed by atoms with E-state index < -0.39 is 17.7 Å². The highest BCUT2D eigenvalue weighted by Gasteiger charge is 2.46. The summed E-state index contributed by atoms with van der Waals surface area (Å²) in [6.45, 7) is 4.53. The summed E-state index contributed by atoms with van der Waals surface area (Å²) in [7, 11) is 5.57. The third-order valence-electron chi connectivity index (χ3n) is 5.07. The maximum Gasteiger partial charge on any atom is 0.295 e. The van der Waals surface area contributed by atoms with Gasteiger partial charge >= 0.3 is 0 Å². The number of amides is 1. The Balaban J connectivity index is 2.19. The number of rotatable bonds is 5. The number of likely N-dealkylation sites (tertiary alicyclic amines) is 1. The van der Waals surface area contributed by atoms with Gasteiger partial charge in [-0.05, 0) is 39.6 Å². The van der Waals surface area contributed by atoms with Gasteiger partial charge in [-0.1, -0.05) is 6.07 Å². The maximum atomic E-state index is 12.9. The van der Waals surface area contributed by atoms with E-state index in [1.165, 1.54) is 4.90 Å². The fraction of sp³-hybridized carbons (Fsp3) is 0.400. The number of aliphatic hydroxyl groups is 1. The van der Waals surface area contributed by atoms with Crippen molar-refractivity contribution in [2.45, 2.75) is 19.9 Å². The molecule has 0 aromatic carbocycles. The number of aromatic nitrogens is 3. The summed E-state index contributed by atoms with van der Waals surface area (Å²) in [6.07, 6.45) is 3.25. The van der Waals surface area contributed by atoms with Crippen molar-refractivity contribution in [3.05, 3.63) is 52.6 Å². The fourth-order valence-corrected chi connectivity index (χ4v) is 3.55. The highest BCUT2D eigenvalue weighted by atomic mass is 16.3. The molecule has 148 valence electrons. The van der Waals surface area contributed by atoms with E-state index in [0.717, 1.165) is 5.69 Å². The number of pyridine rings is 1. The van der Waals surface area contributed by atoms with Crippen LogP contribution in [-0.4, -0.2) is 68.5 Å². The Hall–Kier alpha value is -3.00. The zero-order valence-corrected chi connectivity index (χ0v) is 16.8. The molecule has 2 aromatic heterocycles. The topological polar surface area (TPSA) is 91.6 Å². The first-order valence-corrected chi connectivity index (χ1v) is 9.07. The Morgan fingerprint density at radius 3 is 2.54 bits per heavy atom. The number of carbonyl (C=O) groups excluding carboxylic acids is 2. The van der Waals surface area contributed by atoms with Crippen LogP contribution in [0.5, 0.6) is 0 Å². The molecule has 1 atom stereocenters. The van der Waals surface area contributed by atoms with E-state index >= 15 is 0 Å². The van der Waals surface area contributed by atoms with Crippen LogP contribution < -0.4 is 0 Å². The fourth-order valence-electron chi connectivity index (χ4n) is 3.55. The van der Waals surface area contributed by atoms with E-state index in [2.05, 4.69) is 10.1 Å². The zero-order valence-electron chi connectivity index (χ0n) is 16.8. The second kappa shape index (κ2) is 7.55. The smallest absolute Gasteiger partial charge is 0.295 e. The second-order valence-electron chi connectivity index (χ2n) is 7.25. The highest BCUT2D eigenvalue weighted by Crippen LogP contribution is 2.39. The van der Waals surface area contributed by atoms with Crippen molar-refractivity contribution in [1.82, 2.24) is 24.6 Å². The number of nitrogens with zero attached hydrogens (tertiary/aromatic N) is 5. The standard InChI is InChI=1S/C20H25N5O3/c1-12-15(13(2)24(5)22-12)18(26)16-17(14-7-6-8-21-11-14)25(10-9-23(3)4)20(28)19(16)27/h6-8,11,17,26H,9-10H2,1-5H3/b18-16+/t17-/m0/s1. The van der Waals surface area contributed by atoms with E-state index in [4.69, 9.17) is 0 Å². The van der Waals surface area contributed by atoms with Gasteiger partial charge in [-0.25, -0.2) is 0 Å². The number of hydrogen-bond donors (Lipinski definition) is 1. The van der Waals surface area contributed by atoms with Crippen molar-refractivity contribution >= 4 is 17.4 Å². The van der Waals surface area contributed by atoms with Gasteiger partial charge in [0.05, 0.1) is 22.9 Å². The molecule has 1 N–H and O–H groups in total. The van der Waals surface area contributed by atoms with Gasteiger partial charge in [-0.15, -0.1) is 0 Å². The molecule has 0 radical (unpaired) electrons. The molecule has 1 saturated heterocycles. The summed E-state index contributed by atoms with van der Waals surface area (Å²) in [4.78, 5) is 33.3. The van der Waals surface area contributed by atoms with Gasteiger partial charge in [0, 0.05) is 38.2 Å². The van der Waals surface area contributed by atoms with E-state index in [1.54, 1.807) is 37.1 Å². The van der Waals surface area contributed by atoms with Crippen LogP contribution in [0.4, 0.5) is 0 Å². The minimum Gasteiger partial charge on any atom is -0.507 e. The summed E-state index contributed by atoms with van der Waals surface area (Å²) in [5, 5.41) is 15.4. The van der Waals surface area contributed by atoms with Crippen LogP contribution in [0.15, 0.2) is 30.1 Å². The predicted molar refractivity (Wildman–Crippen MR) is 104 cm³/mol. The van der Waals surface area contributed by atoms with Gasteiger partial charge in [0.15, 0.2) is 0 Å². The maximum absolute atomic E-state index is 12.9. The molecule has 3 heterocycles. The molecule has 1 aliphatic rings. The zero-order chi connectivity index (χ0) is 20.6. The van der Waals surface area contributed by atoms with Gasteiger partial charge in [-0.3, -0.25) is 19.3 Å². The Bertz CT molecular complexity index is 946. The average molecular weight is 383 g/mol. The quantitative estimate of drug-likeness (QED) is 0.477. The molecule has 0 aliphatic carbocycles. The molecular formula is C20H25N5O3. The summed E-state index contributed by atoms with van der Waals surface area (Å²) in [6, 6.07) is 2.87. The van der Waals surface area contributed by atoms with Gasteiger partial charge in [-0.2, -0.15) is 5.10 Å². The normalized spacial score (nSPS) is 19.1. The molecule has 0 saturated carbocycles. The van der Waals surface area contributed by atoms with Crippen LogP contribution in [0.2, 0.25) is 0 Å². The van der Waals surface area contributed by atoms with Crippen LogP contribution in [0.3, 0.4) is 0 Å². The molecule has 28 heavy (non-hydrogen) atoms. The van der Waals surface area contributed by atoms with Crippen molar-refractivity contribution < 1.29 is 14.7 Å². The van der Waals surface area contributed by atoms with Gasteiger partial charge < -0.3 is 14.9 Å². The number of ketones is 1. The van der Waals surface area contributed by atoms with Crippen molar-refractivity contribution in [1.29, 1.82) is 0 Å². The number of carbonyl (C=O) groups is 2. The minimum atomic E-state index is -0.687. The lowest BCUT2D eigenvalue weighted by atomic mass is 9.95. The number of Topliss-reactive ketones (excluding diaryl/α,β-unsaturated/α-hetero) is 1. The van der Waals surface area contributed by atoms with E-state index in [9.17, 15) is 14.7 Å². The third kappa shape index (κ3) is 3.31. The summed E-state index contributed by atoms with van der Waals surface area (Å²) in [5.41, 5.74) is 2.57. The Morgan fingerprint density at radius 2 is 2.00 bits per heavy atom. The van der Waals surface area contributed by atoms with E-state index in [1.807, 2.05) is 32.0 Å². The van der Waals surface area contributed by atoms with Crippen LogP contribution in [0.25, 0.3) is 5.76 Å². The van der Waals surface area contributed by atoms with E-state index in [-0.39, 0.29) is 11.3 Å². The number of aryl methyl sites for hydroxylation is 2. The first-order valence-electron chi connectivity index (χ1n) is 9.07. The minimum absolute atomic E-state index is 0.0796. The largest absolute Gasteiger partial charge is 0.507 e. The number of aliphatic hydroxyl groups excluding tert-OH is 1. The molecule has 1 aliphatic heterocycles. The van der Waals surface area contributed by atoms with Crippen molar-refractivity contribution in [2.75, 3.05) is 27.2 Å². The molecule has 1 fully saturated rings. The lowest BCUT2D eigenvalue weighted by molar-refractivity contribution is -0.140. The molecule has 2 aromatic rings. The molecular weight excluding hydrogens is 358 g/mol. The Labute approximate surface area is 164 Å². The van der Waals surface area contributed by atoms with Gasteiger partial charge in [0.25, 0.3) is 11.7 Å². The van der Waals surface area contributed by atoms with Crippen molar-refractivity contribution in [3.8, 4) is 0 Å². The lowest BCUT2D eigenvalue weighted by Crippen LogP contribution is -2.35. The van der Waals surface area contributed by atoms with Crippen molar-refractivity contribution in [3.63, 3.8) is 0 Å². The average Bonchev–Trinajstić information content (AvgIpc) is 3.06. The first kappa shape index (κ1) is 19.8. The summed E-state index contributed by atoms with van der Waals surface area (Å²) >= 11 is 0. The monoisotopic (exact) mass is 383 g/mol. The number of likely N-dealkylation sites (N-methyl/N-ethyl adjacent to an activating group) is 1. The molecule has 1 amide bonds. The molecule has 8 heteroatoms.